The monoisotopic (exact) mass is 283 g/mol. The fourth-order valence-corrected chi connectivity index (χ4v) is 2.89. The van der Waals surface area contributed by atoms with Crippen LogP contribution < -0.4 is 11.1 Å². The van der Waals surface area contributed by atoms with E-state index in [0.29, 0.717) is 11.6 Å². The number of aromatic carboxylic acids is 1. The van der Waals surface area contributed by atoms with E-state index >= 15 is 0 Å². The normalized spacial score (nSPS) is 23.0. The molecule has 0 aromatic carbocycles. The molecule has 7 heteroatoms. The summed E-state index contributed by atoms with van der Waals surface area (Å²) in [4.78, 5) is 26.5. The van der Waals surface area contributed by atoms with E-state index < -0.39 is 5.97 Å². The fourth-order valence-electron chi connectivity index (χ4n) is 2.18. The number of carboxylic acid groups (broad SMARTS) is 1. The van der Waals surface area contributed by atoms with Gasteiger partial charge in [-0.05, 0) is 25.7 Å². The van der Waals surface area contributed by atoms with Crippen LogP contribution in [-0.2, 0) is 11.3 Å². The summed E-state index contributed by atoms with van der Waals surface area (Å²) in [5.41, 5.74) is 5.82. The molecule has 0 atom stereocenters. The zero-order valence-electron chi connectivity index (χ0n) is 10.5. The number of nitrogens with one attached hydrogen (secondary N) is 1. The lowest BCUT2D eigenvalue weighted by atomic mass is 9.86. The second kappa shape index (κ2) is 6.12. The van der Waals surface area contributed by atoms with E-state index in [2.05, 4.69) is 10.3 Å². The first-order valence-corrected chi connectivity index (χ1v) is 7.15. The quantitative estimate of drug-likeness (QED) is 0.763. The van der Waals surface area contributed by atoms with E-state index in [1.165, 1.54) is 16.7 Å². The third-order valence-electron chi connectivity index (χ3n) is 3.33. The van der Waals surface area contributed by atoms with Gasteiger partial charge in [0.25, 0.3) is 0 Å². The number of carbonyl (C=O) groups is 2. The van der Waals surface area contributed by atoms with Crippen LogP contribution in [0.25, 0.3) is 0 Å². The molecule has 0 radical (unpaired) electrons. The zero-order valence-corrected chi connectivity index (χ0v) is 11.3. The van der Waals surface area contributed by atoms with Crippen LogP contribution in [0.2, 0.25) is 0 Å². The first kappa shape index (κ1) is 14.0. The average Bonchev–Trinajstić information content (AvgIpc) is 2.86. The number of nitrogens with zero attached hydrogens (tertiary/aromatic N) is 1. The van der Waals surface area contributed by atoms with E-state index in [4.69, 9.17) is 10.8 Å². The highest BCUT2D eigenvalue weighted by molar-refractivity contribution is 7.09. The number of rotatable bonds is 4. The SMILES string of the molecule is NC1CCC(C(=O)NCc2nc(C(=O)O)cs2)CC1. The van der Waals surface area contributed by atoms with Crippen LogP contribution in [0, 0.1) is 5.92 Å². The van der Waals surface area contributed by atoms with Crippen LogP contribution in [-0.4, -0.2) is 28.0 Å². The molecule has 0 aliphatic heterocycles. The Morgan fingerprint density at radius 2 is 2.11 bits per heavy atom. The molecule has 1 saturated carbocycles. The van der Waals surface area contributed by atoms with Gasteiger partial charge in [-0.25, -0.2) is 9.78 Å². The second-order valence-corrected chi connectivity index (χ2v) is 5.70. The Labute approximate surface area is 115 Å². The van der Waals surface area contributed by atoms with Crippen LogP contribution in [0.15, 0.2) is 5.38 Å². The van der Waals surface area contributed by atoms with Crippen molar-refractivity contribution in [1.82, 2.24) is 10.3 Å². The van der Waals surface area contributed by atoms with Gasteiger partial charge >= 0.3 is 5.97 Å². The highest BCUT2D eigenvalue weighted by Crippen LogP contribution is 2.23. The van der Waals surface area contributed by atoms with Gasteiger partial charge in [0, 0.05) is 17.3 Å². The Morgan fingerprint density at radius 3 is 2.68 bits per heavy atom. The molecule has 1 aliphatic rings. The van der Waals surface area contributed by atoms with Crippen molar-refractivity contribution in [3.05, 3.63) is 16.1 Å². The molecule has 6 nitrogen and oxygen atoms in total. The summed E-state index contributed by atoms with van der Waals surface area (Å²) in [5, 5.41) is 13.6. The van der Waals surface area contributed by atoms with Gasteiger partial charge in [0.1, 0.15) is 5.01 Å². The Hall–Kier alpha value is -1.47. The molecule has 0 bridgehead atoms. The number of carboxylic acids is 1. The van der Waals surface area contributed by atoms with Gasteiger partial charge in [0.15, 0.2) is 5.69 Å². The molecule has 2 rings (SSSR count). The van der Waals surface area contributed by atoms with E-state index in [1.54, 1.807) is 0 Å². The molecule has 1 fully saturated rings. The summed E-state index contributed by atoms with van der Waals surface area (Å²) in [6.45, 7) is 0.291. The van der Waals surface area contributed by atoms with E-state index in [9.17, 15) is 9.59 Å². The Kier molecular flexibility index (Phi) is 4.49. The first-order valence-electron chi connectivity index (χ1n) is 6.27. The zero-order chi connectivity index (χ0) is 13.8. The molecule has 1 aliphatic carbocycles. The number of hydrogen-bond donors (Lipinski definition) is 3. The van der Waals surface area contributed by atoms with E-state index in [0.717, 1.165) is 25.7 Å². The highest BCUT2D eigenvalue weighted by Gasteiger charge is 2.24. The second-order valence-electron chi connectivity index (χ2n) is 4.76. The number of nitrogens with two attached hydrogens (primary N) is 1. The summed E-state index contributed by atoms with van der Waals surface area (Å²) in [7, 11) is 0. The van der Waals surface area contributed by atoms with Crippen molar-refractivity contribution >= 4 is 23.2 Å². The van der Waals surface area contributed by atoms with Crippen LogP contribution in [0.4, 0.5) is 0 Å². The van der Waals surface area contributed by atoms with Crippen molar-refractivity contribution in [2.24, 2.45) is 11.7 Å². The molecular formula is C12H17N3O3S. The van der Waals surface area contributed by atoms with Gasteiger partial charge in [-0.2, -0.15) is 0 Å². The molecule has 4 N–H and O–H groups in total. The third kappa shape index (κ3) is 3.74. The van der Waals surface area contributed by atoms with Gasteiger partial charge in [-0.15, -0.1) is 11.3 Å². The largest absolute Gasteiger partial charge is 0.476 e. The lowest BCUT2D eigenvalue weighted by molar-refractivity contribution is -0.126. The average molecular weight is 283 g/mol. The summed E-state index contributed by atoms with van der Waals surface area (Å²) in [6, 6.07) is 0.223. The number of hydrogen-bond acceptors (Lipinski definition) is 5. The Morgan fingerprint density at radius 1 is 1.42 bits per heavy atom. The molecule has 104 valence electrons. The summed E-state index contributed by atoms with van der Waals surface area (Å²) in [5.74, 6) is -1.01. The number of carbonyl (C=O) groups excluding carboxylic acids is 1. The van der Waals surface area contributed by atoms with Gasteiger partial charge < -0.3 is 16.2 Å². The maximum Gasteiger partial charge on any atom is 0.355 e. The maximum absolute atomic E-state index is 11.9. The predicted octanol–water partition coefficient (Wildman–Crippen LogP) is 0.975. The standard InChI is InChI=1S/C12H17N3O3S/c13-8-3-1-7(2-4-8)11(16)14-5-10-15-9(6-19-10)12(17)18/h6-8H,1-5,13H2,(H,14,16)(H,17,18). The highest BCUT2D eigenvalue weighted by atomic mass is 32.1. The van der Waals surface area contributed by atoms with Gasteiger partial charge in [0.05, 0.1) is 6.54 Å². The van der Waals surface area contributed by atoms with Crippen LogP contribution in [0.3, 0.4) is 0 Å². The lowest BCUT2D eigenvalue weighted by Gasteiger charge is -2.24. The summed E-state index contributed by atoms with van der Waals surface area (Å²) >= 11 is 1.24. The third-order valence-corrected chi connectivity index (χ3v) is 4.18. The molecule has 0 saturated heterocycles. The molecule has 1 aromatic rings. The van der Waals surface area contributed by atoms with Crippen molar-refractivity contribution in [3.63, 3.8) is 0 Å². The van der Waals surface area contributed by atoms with Crippen molar-refractivity contribution in [3.8, 4) is 0 Å². The first-order chi connectivity index (χ1) is 9.06. The minimum atomic E-state index is -1.05. The van der Waals surface area contributed by atoms with Crippen molar-refractivity contribution in [2.75, 3.05) is 0 Å². The Balaban J connectivity index is 1.81. The van der Waals surface area contributed by atoms with Crippen LogP contribution in [0.1, 0.15) is 41.2 Å². The smallest absolute Gasteiger partial charge is 0.355 e. The lowest BCUT2D eigenvalue weighted by Crippen LogP contribution is -2.35. The molecule has 1 heterocycles. The topological polar surface area (TPSA) is 105 Å². The molecule has 0 unspecified atom stereocenters. The van der Waals surface area contributed by atoms with Crippen molar-refractivity contribution < 1.29 is 14.7 Å². The molecule has 19 heavy (non-hydrogen) atoms. The minimum Gasteiger partial charge on any atom is -0.476 e. The number of amides is 1. The van der Waals surface area contributed by atoms with Crippen molar-refractivity contribution in [2.45, 2.75) is 38.3 Å². The molecule has 0 spiro atoms. The fraction of sp³-hybridized carbons (Fsp3) is 0.583. The molecule has 1 amide bonds. The predicted molar refractivity (Wildman–Crippen MR) is 70.9 cm³/mol. The summed E-state index contributed by atoms with van der Waals surface area (Å²) < 4.78 is 0. The minimum absolute atomic E-state index is 0.0129. The molecular weight excluding hydrogens is 266 g/mol. The summed E-state index contributed by atoms with van der Waals surface area (Å²) in [6.07, 6.45) is 3.42. The maximum atomic E-state index is 11.9. The van der Waals surface area contributed by atoms with Crippen molar-refractivity contribution in [1.29, 1.82) is 0 Å². The number of thiazole rings is 1. The molecule has 1 aromatic heterocycles. The van der Waals surface area contributed by atoms with E-state index in [-0.39, 0.29) is 23.6 Å². The van der Waals surface area contributed by atoms with Gasteiger partial charge in [0.2, 0.25) is 5.91 Å². The van der Waals surface area contributed by atoms with Crippen LogP contribution in [0.5, 0.6) is 0 Å². The van der Waals surface area contributed by atoms with Gasteiger partial charge in [-0.1, -0.05) is 0 Å². The van der Waals surface area contributed by atoms with Gasteiger partial charge in [-0.3, -0.25) is 4.79 Å². The van der Waals surface area contributed by atoms with Crippen LogP contribution >= 0.6 is 11.3 Å². The van der Waals surface area contributed by atoms with E-state index in [1.807, 2.05) is 0 Å². The Bertz CT molecular complexity index is 467. The number of aromatic nitrogens is 1.